The van der Waals surface area contributed by atoms with Crippen molar-refractivity contribution in [3.63, 3.8) is 0 Å². The lowest BCUT2D eigenvalue weighted by atomic mass is 9.99. The summed E-state index contributed by atoms with van der Waals surface area (Å²) in [6.07, 6.45) is 9.57. The highest BCUT2D eigenvalue weighted by Crippen LogP contribution is 2.42. The van der Waals surface area contributed by atoms with E-state index in [4.69, 9.17) is 9.47 Å². The maximum absolute atomic E-state index is 13.3. The number of carbonyl (C=O) groups is 1. The Morgan fingerprint density at radius 1 is 1.29 bits per heavy atom. The van der Waals surface area contributed by atoms with Gasteiger partial charge in [-0.2, -0.15) is 5.10 Å². The number of amides is 1. The third-order valence-corrected chi connectivity index (χ3v) is 6.64. The fourth-order valence-corrected chi connectivity index (χ4v) is 4.61. The summed E-state index contributed by atoms with van der Waals surface area (Å²) in [6, 6.07) is 6.09. The largest absolute Gasteiger partial charge is 0.484 e. The van der Waals surface area contributed by atoms with Gasteiger partial charge >= 0.3 is 0 Å². The van der Waals surface area contributed by atoms with E-state index in [1.165, 1.54) is 6.20 Å². The van der Waals surface area contributed by atoms with Crippen LogP contribution < -0.4 is 15.0 Å². The molecule has 10 nitrogen and oxygen atoms in total. The third-order valence-electron chi connectivity index (χ3n) is 6.64. The first-order valence-electron chi connectivity index (χ1n) is 11.4. The summed E-state index contributed by atoms with van der Waals surface area (Å²) in [4.78, 5) is 22.0. The second-order valence-electron chi connectivity index (χ2n) is 9.18. The van der Waals surface area contributed by atoms with Crippen LogP contribution in [0.4, 0.5) is 11.4 Å². The minimum absolute atomic E-state index is 0.0885. The molecule has 2 N–H and O–H groups in total. The topological polar surface area (TPSA) is 104 Å². The minimum Gasteiger partial charge on any atom is -0.484 e. The lowest BCUT2D eigenvalue weighted by Gasteiger charge is -2.40. The van der Waals surface area contributed by atoms with Gasteiger partial charge in [-0.1, -0.05) is 0 Å². The molecule has 10 heteroatoms. The number of hydrogen-bond acceptors (Lipinski definition) is 8. The molecule has 1 aromatic carbocycles. The number of anilines is 2. The summed E-state index contributed by atoms with van der Waals surface area (Å²) in [7, 11) is 0. The zero-order valence-electron chi connectivity index (χ0n) is 18.8. The van der Waals surface area contributed by atoms with Gasteiger partial charge in [0.05, 0.1) is 43.4 Å². The lowest BCUT2D eigenvalue weighted by Crippen LogP contribution is -2.50. The first-order valence-corrected chi connectivity index (χ1v) is 11.4. The van der Waals surface area contributed by atoms with Crippen molar-refractivity contribution in [1.29, 1.82) is 0 Å². The van der Waals surface area contributed by atoms with E-state index in [0.29, 0.717) is 29.4 Å². The van der Waals surface area contributed by atoms with Crippen molar-refractivity contribution in [2.24, 2.45) is 0 Å². The number of rotatable bonds is 5. The Bertz CT molecular complexity index is 1290. The number of benzene rings is 1. The van der Waals surface area contributed by atoms with Crippen molar-refractivity contribution in [2.45, 2.75) is 25.0 Å². The molecule has 5 heterocycles. The van der Waals surface area contributed by atoms with Crippen molar-refractivity contribution in [2.75, 3.05) is 43.1 Å². The Morgan fingerprint density at radius 2 is 2.18 bits per heavy atom. The van der Waals surface area contributed by atoms with Crippen molar-refractivity contribution >= 4 is 22.9 Å². The quantitative estimate of drug-likeness (QED) is 0.590. The molecule has 1 fully saturated rings. The SMILES string of the molecule is C[C@]1(CO)Cc2cc(NC(=O)c3cnn4cccnc34)c(N3C=CN(C4COC4)CC3)cc2O1. The number of fused-ring (bicyclic) bond motifs is 2. The van der Waals surface area contributed by atoms with Crippen LogP contribution in [-0.4, -0.2) is 75.1 Å². The molecular weight excluding hydrogens is 436 g/mol. The van der Waals surface area contributed by atoms with E-state index >= 15 is 0 Å². The van der Waals surface area contributed by atoms with E-state index in [2.05, 4.69) is 31.4 Å². The number of nitrogens with one attached hydrogen (secondary N) is 1. The first-order chi connectivity index (χ1) is 16.5. The number of aromatic nitrogens is 3. The van der Waals surface area contributed by atoms with E-state index in [0.717, 1.165) is 43.3 Å². The number of hydrogen-bond donors (Lipinski definition) is 2. The molecule has 0 saturated carbocycles. The normalized spacial score (nSPS) is 21.9. The van der Waals surface area contributed by atoms with Gasteiger partial charge in [0.1, 0.15) is 16.9 Å². The van der Waals surface area contributed by atoms with Crippen LogP contribution in [0.25, 0.3) is 5.65 Å². The fraction of sp³-hybridized carbons (Fsp3) is 0.375. The van der Waals surface area contributed by atoms with E-state index in [1.54, 1.807) is 23.0 Å². The van der Waals surface area contributed by atoms with Crippen LogP contribution in [-0.2, 0) is 11.2 Å². The van der Waals surface area contributed by atoms with Crippen molar-refractivity contribution < 1.29 is 19.4 Å². The Kier molecular flexibility index (Phi) is 4.93. The maximum Gasteiger partial charge on any atom is 0.261 e. The van der Waals surface area contributed by atoms with Crippen molar-refractivity contribution in [1.82, 2.24) is 19.5 Å². The summed E-state index contributed by atoms with van der Waals surface area (Å²) in [5.74, 6) is 0.443. The molecular formula is C24H26N6O4. The zero-order valence-corrected chi connectivity index (χ0v) is 18.8. The molecule has 0 spiro atoms. The molecule has 1 amide bonds. The average molecular weight is 463 g/mol. The highest BCUT2D eigenvalue weighted by Gasteiger charge is 2.36. The number of aliphatic hydroxyl groups is 1. The van der Waals surface area contributed by atoms with Gasteiger partial charge in [-0.3, -0.25) is 4.79 Å². The number of carbonyl (C=O) groups excluding carboxylic acids is 1. The van der Waals surface area contributed by atoms with Crippen LogP contribution in [0, 0.1) is 0 Å². The molecule has 6 rings (SSSR count). The average Bonchev–Trinajstić information content (AvgIpc) is 3.39. The summed E-state index contributed by atoms with van der Waals surface area (Å²) in [6.45, 7) is 4.91. The standard InChI is InChI=1S/C24H26N6O4/c1-24(15-31)11-16-9-19(27-23(32)18-12-26-30-4-2-3-25-22(18)30)20(10-21(16)34-24)29-7-5-28(6-8-29)17-13-33-14-17/h2-5,7,9-10,12,17,31H,6,8,11,13-15H2,1H3,(H,27,32)/t24-/m1/s1. The van der Waals surface area contributed by atoms with Crippen LogP contribution in [0.5, 0.6) is 5.75 Å². The van der Waals surface area contributed by atoms with E-state index in [1.807, 2.05) is 25.3 Å². The second kappa shape index (κ2) is 8.00. The molecule has 0 unspecified atom stereocenters. The van der Waals surface area contributed by atoms with Crippen LogP contribution >= 0.6 is 0 Å². The zero-order chi connectivity index (χ0) is 23.3. The number of ether oxygens (including phenoxy) is 2. The van der Waals surface area contributed by atoms with E-state index in [9.17, 15) is 9.90 Å². The van der Waals surface area contributed by atoms with Gasteiger partial charge in [-0.25, -0.2) is 9.50 Å². The highest BCUT2D eigenvalue weighted by molar-refractivity contribution is 6.09. The number of nitrogens with zero attached hydrogens (tertiary/aromatic N) is 5. The molecule has 1 atom stereocenters. The molecule has 2 aromatic heterocycles. The van der Waals surface area contributed by atoms with Gasteiger partial charge in [0.25, 0.3) is 5.91 Å². The Labute approximate surface area is 196 Å². The molecule has 0 bridgehead atoms. The van der Waals surface area contributed by atoms with Gasteiger partial charge in [-0.15, -0.1) is 0 Å². The second-order valence-corrected chi connectivity index (χ2v) is 9.18. The smallest absolute Gasteiger partial charge is 0.261 e. The van der Waals surface area contributed by atoms with Crippen LogP contribution in [0.3, 0.4) is 0 Å². The molecule has 3 aliphatic heterocycles. The van der Waals surface area contributed by atoms with Crippen LogP contribution in [0.1, 0.15) is 22.8 Å². The first kappa shape index (κ1) is 20.9. The fourth-order valence-electron chi connectivity index (χ4n) is 4.61. The summed E-state index contributed by atoms with van der Waals surface area (Å²) >= 11 is 0. The van der Waals surface area contributed by atoms with Crippen LogP contribution in [0.15, 0.2) is 49.2 Å². The summed E-state index contributed by atoms with van der Waals surface area (Å²) < 4.78 is 13.0. The third kappa shape index (κ3) is 3.55. The lowest BCUT2D eigenvalue weighted by molar-refractivity contribution is -0.0487. The molecule has 3 aromatic rings. The summed E-state index contributed by atoms with van der Waals surface area (Å²) in [5, 5.41) is 17.1. The Balaban J connectivity index is 1.34. The van der Waals surface area contributed by atoms with Gasteiger partial charge in [0.2, 0.25) is 0 Å². The van der Waals surface area contributed by atoms with Gasteiger partial charge in [0.15, 0.2) is 5.65 Å². The maximum atomic E-state index is 13.3. The predicted octanol–water partition coefficient (Wildman–Crippen LogP) is 1.66. The molecule has 34 heavy (non-hydrogen) atoms. The van der Waals surface area contributed by atoms with E-state index in [-0.39, 0.29) is 12.5 Å². The van der Waals surface area contributed by atoms with Gasteiger partial charge in [0, 0.05) is 55.9 Å². The van der Waals surface area contributed by atoms with Crippen molar-refractivity contribution in [3.05, 3.63) is 60.3 Å². The predicted molar refractivity (Wildman–Crippen MR) is 125 cm³/mol. The number of aliphatic hydroxyl groups excluding tert-OH is 1. The molecule has 0 radical (unpaired) electrons. The molecule has 176 valence electrons. The van der Waals surface area contributed by atoms with Crippen molar-refractivity contribution in [3.8, 4) is 5.75 Å². The molecule has 0 aliphatic carbocycles. The Morgan fingerprint density at radius 3 is 2.91 bits per heavy atom. The monoisotopic (exact) mass is 462 g/mol. The minimum atomic E-state index is -0.673. The van der Waals surface area contributed by atoms with Gasteiger partial charge < -0.3 is 29.7 Å². The summed E-state index contributed by atoms with van der Waals surface area (Å²) in [5.41, 5.74) is 2.68. The van der Waals surface area contributed by atoms with E-state index < -0.39 is 5.60 Å². The highest BCUT2D eigenvalue weighted by atomic mass is 16.5. The van der Waals surface area contributed by atoms with Crippen LogP contribution in [0.2, 0.25) is 0 Å². The molecule has 1 saturated heterocycles. The Hall–Kier alpha value is -3.63. The van der Waals surface area contributed by atoms with Gasteiger partial charge in [-0.05, 0) is 19.1 Å². The molecule has 3 aliphatic rings.